The van der Waals surface area contributed by atoms with Crippen LogP contribution < -0.4 is 9.47 Å². The van der Waals surface area contributed by atoms with E-state index in [1.54, 1.807) is 10.0 Å². The third-order valence-electron chi connectivity index (χ3n) is 6.66. The molecule has 5 rings (SSSR count). The van der Waals surface area contributed by atoms with Crippen molar-refractivity contribution >= 4 is 6.09 Å². The quantitative estimate of drug-likeness (QED) is 0.768. The van der Waals surface area contributed by atoms with Crippen LogP contribution in [0.15, 0.2) is 48.5 Å². The minimum atomic E-state index is -0.904. The number of cyclic esters (lactones) is 1. The van der Waals surface area contributed by atoms with Crippen molar-refractivity contribution in [2.75, 3.05) is 40.5 Å². The molecule has 8 nitrogen and oxygen atoms in total. The Morgan fingerprint density at radius 3 is 2.50 bits per heavy atom. The molecule has 2 aromatic rings. The lowest BCUT2D eigenvalue weighted by atomic mass is 9.84. The number of carbonyl (C=O) groups excluding carboxylic acids is 1. The maximum atomic E-state index is 12.6. The van der Waals surface area contributed by atoms with E-state index >= 15 is 0 Å². The van der Waals surface area contributed by atoms with Gasteiger partial charge in [0.25, 0.3) is 0 Å². The number of amides is 1. The Balaban J connectivity index is 1.28. The number of rotatable bonds is 5. The number of ether oxygens (including phenoxy) is 3. The largest absolute Gasteiger partial charge is 0.454 e. The van der Waals surface area contributed by atoms with E-state index in [-0.39, 0.29) is 25.0 Å². The van der Waals surface area contributed by atoms with E-state index in [1.807, 2.05) is 62.6 Å². The van der Waals surface area contributed by atoms with Gasteiger partial charge in [-0.25, -0.2) is 14.8 Å². The number of benzene rings is 2. The summed E-state index contributed by atoms with van der Waals surface area (Å²) in [6.45, 7) is 2.26. The molecule has 2 aromatic carbocycles. The molecule has 2 unspecified atom stereocenters. The molecule has 0 bridgehead atoms. The molecule has 0 aliphatic carbocycles. The second-order valence-electron chi connectivity index (χ2n) is 8.87. The molecule has 0 spiro atoms. The monoisotopic (exact) mass is 439 g/mol. The van der Waals surface area contributed by atoms with Gasteiger partial charge in [0.1, 0.15) is 12.1 Å². The van der Waals surface area contributed by atoms with Crippen molar-refractivity contribution < 1.29 is 24.1 Å². The zero-order valence-electron chi connectivity index (χ0n) is 18.4. The smallest absolute Gasteiger partial charge is 0.425 e. The lowest BCUT2D eigenvalue weighted by Crippen LogP contribution is -2.47. The molecule has 2 saturated heterocycles. The average Bonchev–Trinajstić information content (AvgIpc) is 3.39. The second kappa shape index (κ2) is 8.27. The van der Waals surface area contributed by atoms with Crippen molar-refractivity contribution in [2.45, 2.75) is 30.6 Å². The summed E-state index contributed by atoms with van der Waals surface area (Å²) in [5.41, 5.74) is 0.999. The number of likely N-dealkylation sites (tertiary alicyclic amines) is 1. The lowest BCUT2D eigenvalue weighted by molar-refractivity contribution is -0.0353. The highest BCUT2D eigenvalue weighted by atomic mass is 16.7. The molecule has 1 N–H and O–H groups in total. The maximum absolute atomic E-state index is 12.6. The summed E-state index contributed by atoms with van der Waals surface area (Å²) >= 11 is 0. The van der Waals surface area contributed by atoms with Crippen molar-refractivity contribution in [3.05, 3.63) is 59.7 Å². The zero-order valence-corrected chi connectivity index (χ0v) is 18.4. The third kappa shape index (κ3) is 3.79. The number of hydrazine groups is 1. The molecular weight excluding hydrogens is 410 g/mol. The molecule has 0 radical (unpaired) electrons. The Morgan fingerprint density at radius 1 is 1.06 bits per heavy atom. The van der Waals surface area contributed by atoms with E-state index in [4.69, 9.17) is 14.2 Å². The predicted molar refractivity (Wildman–Crippen MR) is 117 cm³/mol. The fourth-order valence-corrected chi connectivity index (χ4v) is 4.91. The molecule has 0 saturated carbocycles. The fourth-order valence-electron chi connectivity index (χ4n) is 4.91. The number of fused-ring (bicyclic) bond motifs is 1. The SMILES string of the molecule is CN(C)N1C(=O)OC(CN2CCC(O)(c3ccc4c(c3)OCO4)CC2)C1c1ccccc1. The van der Waals surface area contributed by atoms with Crippen LogP contribution in [-0.2, 0) is 10.3 Å². The zero-order chi connectivity index (χ0) is 22.3. The van der Waals surface area contributed by atoms with E-state index in [9.17, 15) is 9.90 Å². The van der Waals surface area contributed by atoms with E-state index in [0.29, 0.717) is 38.2 Å². The minimum absolute atomic E-state index is 0.187. The molecule has 8 heteroatoms. The van der Waals surface area contributed by atoms with E-state index < -0.39 is 5.60 Å². The van der Waals surface area contributed by atoms with Gasteiger partial charge in [0.15, 0.2) is 11.5 Å². The van der Waals surface area contributed by atoms with Gasteiger partial charge in [-0.1, -0.05) is 36.4 Å². The first-order valence-corrected chi connectivity index (χ1v) is 11.0. The average molecular weight is 440 g/mol. The normalized spacial score (nSPS) is 24.8. The standard InChI is InChI=1S/C24H29N3O5/c1-25(2)27-22(17-6-4-3-5-7-17)21(32-23(27)28)15-26-12-10-24(29,11-13-26)18-8-9-19-20(14-18)31-16-30-19/h3-9,14,21-22,29H,10-13,15-16H2,1-2H3. The van der Waals surface area contributed by atoms with Gasteiger partial charge in [0.05, 0.1) is 5.60 Å². The van der Waals surface area contributed by atoms with E-state index in [0.717, 1.165) is 16.9 Å². The van der Waals surface area contributed by atoms with Gasteiger partial charge in [0.2, 0.25) is 6.79 Å². The molecule has 170 valence electrons. The number of nitrogens with zero attached hydrogens (tertiary/aromatic N) is 3. The Labute approximate surface area is 187 Å². The van der Waals surface area contributed by atoms with Crippen molar-refractivity contribution in [1.82, 2.24) is 14.9 Å². The number of aliphatic hydroxyl groups is 1. The van der Waals surface area contributed by atoms with Crippen LogP contribution in [0.2, 0.25) is 0 Å². The molecule has 3 heterocycles. The van der Waals surface area contributed by atoms with Crippen molar-refractivity contribution in [1.29, 1.82) is 0 Å². The van der Waals surface area contributed by atoms with Crippen molar-refractivity contribution in [3.63, 3.8) is 0 Å². The van der Waals surface area contributed by atoms with Crippen molar-refractivity contribution in [2.24, 2.45) is 0 Å². The van der Waals surface area contributed by atoms with Crippen LogP contribution in [0.5, 0.6) is 11.5 Å². The Bertz CT molecular complexity index is 975. The molecule has 1 amide bonds. The van der Waals surface area contributed by atoms with Gasteiger partial charge in [0, 0.05) is 33.7 Å². The first-order chi connectivity index (χ1) is 15.4. The topological polar surface area (TPSA) is 74.7 Å². The summed E-state index contributed by atoms with van der Waals surface area (Å²) in [4.78, 5) is 14.9. The highest BCUT2D eigenvalue weighted by Crippen LogP contribution is 2.40. The van der Waals surface area contributed by atoms with Gasteiger partial charge in [-0.2, -0.15) is 0 Å². The summed E-state index contributed by atoms with van der Waals surface area (Å²) in [5, 5.41) is 14.8. The summed E-state index contributed by atoms with van der Waals surface area (Å²) < 4.78 is 16.7. The van der Waals surface area contributed by atoms with Crippen LogP contribution in [0.1, 0.15) is 30.0 Å². The fraction of sp³-hybridized carbons (Fsp3) is 0.458. The molecule has 3 aliphatic heterocycles. The Morgan fingerprint density at radius 2 is 1.78 bits per heavy atom. The molecular formula is C24H29N3O5. The highest BCUT2D eigenvalue weighted by molar-refractivity contribution is 5.70. The second-order valence-corrected chi connectivity index (χ2v) is 8.87. The summed E-state index contributed by atoms with van der Waals surface area (Å²) in [7, 11) is 3.71. The van der Waals surface area contributed by atoms with Crippen LogP contribution in [0.4, 0.5) is 4.79 Å². The number of carbonyl (C=O) groups is 1. The van der Waals surface area contributed by atoms with Crippen LogP contribution in [0, 0.1) is 0 Å². The molecule has 0 aromatic heterocycles. The van der Waals surface area contributed by atoms with Crippen LogP contribution >= 0.6 is 0 Å². The van der Waals surface area contributed by atoms with Crippen LogP contribution in [0.25, 0.3) is 0 Å². The molecule has 2 fully saturated rings. The Kier molecular flexibility index (Phi) is 5.44. The van der Waals surface area contributed by atoms with Gasteiger partial charge in [-0.3, -0.25) is 4.90 Å². The maximum Gasteiger partial charge on any atom is 0.425 e. The first-order valence-electron chi connectivity index (χ1n) is 11.0. The Hall–Kier alpha value is -2.81. The molecule has 3 aliphatic rings. The van der Waals surface area contributed by atoms with Gasteiger partial charge < -0.3 is 19.3 Å². The molecule has 2 atom stereocenters. The van der Waals surface area contributed by atoms with E-state index in [1.165, 1.54) is 0 Å². The number of hydrogen-bond acceptors (Lipinski definition) is 7. The summed E-state index contributed by atoms with van der Waals surface area (Å²) in [5.74, 6) is 1.40. The van der Waals surface area contributed by atoms with Gasteiger partial charge in [-0.05, 0) is 36.1 Å². The summed E-state index contributed by atoms with van der Waals surface area (Å²) in [6, 6.07) is 15.5. The lowest BCUT2D eigenvalue weighted by Gasteiger charge is -2.39. The minimum Gasteiger partial charge on any atom is -0.454 e. The van der Waals surface area contributed by atoms with Crippen LogP contribution in [0.3, 0.4) is 0 Å². The van der Waals surface area contributed by atoms with Crippen molar-refractivity contribution in [3.8, 4) is 11.5 Å². The highest BCUT2D eigenvalue weighted by Gasteiger charge is 2.45. The van der Waals surface area contributed by atoms with Crippen LogP contribution in [-0.4, -0.2) is 72.7 Å². The third-order valence-corrected chi connectivity index (χ3v) is 6.66. The predicted octanol–water partition coefficient (Wildman–Crippen LogP) is 2.74. The number of hydrogen-bond donors (Lipinski definition) is 1. The van der Waals surface area contributed by atoms with E-state index in [2.05, 4.69) is 4.90 Å². The summed E-state index contributed by atoms with van der Waals surface area (Å²) in [6.07, 6.45) is 0.577. The van der Waals surface area contributed by atoms with Gasteiger partial charge in [-0.15, -0.1) is 0 Å². The molecule has 32 heavy (non-hydrogen) atoms. The van der Waals surface area contributed by atoms with Gasteiger partial charge >= 0.3 is 6.09 Å². The number of piperidine rings is 1. The first kappa shape index (κ1) is 21.1.